The second-order valence-corrected chi connectivity index (χ2v) is 7.76. The molecule has 2 aromatic rings. The lowest BCUT2D eigenvalue weighted by atomic mass is 10.2. The topological polar surface area (TPSA) is 114 Å². The summed E-state index contributed by atoms with van der Waals surface area (Å²) in [6, 6.07) is 8.67. The lowest BCUT2D eigenvalue weighted by molar-refractivity contribution is -0.117. The molecule has 0 unspecified atom stereocenters. The molecular weight excluding hydrogens is 389 g/mol. The second kappa shape index (κ2) is 8.81. The Labute approximate surface area is 162 Å². The second-order valence-electron chi connectivity index (χ2n) is 5.98. The smallest absolute Gasteiger partial charge is 0.255 e. The van der Waals surface area contributed by atoms with Crippen molar-refractivity contribution >= 4 is 33.2 Å². The fourth-order valence-corrected chi connectivity index (χ4v) is 3.08. The number of methoxy groups -OCH3 is 1. The van der Waals surface area contributed by atoms with E-state index in [0.29, 0.717) is 11.4 Å². The Hall–Kier alpha value is -2.98. The highest BCUT2D eigenvalue weighted by Crippen LogP contribution is 2.28. The normalized spacial score (nSPS) is 12.1. The average Bonchev–Trinajstić information content (AvgIpc) is 2.60. The largest absolute Gasteiger partial charge is 0.495 e. The van der Waals surface area contributed by atoms with Crippen LogP contribution in [0.25, 0.3) is 0 Å². The Bertz CT molecular complexity index is 994. The van der Waals surface area contributed by atoms with Gasteiger partial charge in [0, 0.05) is 11.3 Å². The molecule has 8 nitrogen and oxygen atoms in total. The van der Waals surface area contributed by atoms with Gasteiger partial charge in [0.2, 0.25) is 15.9 Å². The van der Waals surface area contributed by atoms with E-state index in [0.717, 1.165) is 12.3 Å². The van der Waals surface area contributed by atoms with Gasteiger partial charge in [0.15, 0.2) is 0 Å². The van der Waals surface area contributed by atoms with Gasteiger partial charge in [-0.3, -0.25) is 9.59 Å². The molecule has 2 aromatic carbocycles. The van der Waals surface area contributed by atoms with Crippen LogP contribution < -0.4 is 20.1 Å². The fourth-order valence-electron chi connectivity index (χ4n) is 2.33. The summed E-state index contributed by atoms with van der Waals surface area (Å²) in [6.45, 7) is 1.40. The van der Waals surface area contributed by atoms with E-state index in [1.165, 1.54) is 50.4 Å². The number of amides is 2. The lowest BCUT2D eigenvalue weighted by Crippen LogP contribution is -2.41. The van der Waals surface area contributed by atoms with Crippen molar-refractivity contribution in [1.82, 2.24) is 4.72 Å². The van der Waals surface area contributed by atoms with Gasteiger partial charge in [0.25, 0.3) is 5.91 Å². The van der Waals surface area contributed by atoms with Crippen LogP contribution in [0.2, 0.25) is 0 Å². The van der Waals surface area contributed by atoms with E-state index in [2.05, 4.69) is 15.4 Å². The van der Waals surface area contributed by atoms with Crippen molar-refractivity contribution in [3.63, 3.8) is 0 Å². The van der Waals surface area contributed by atoms with E-state index in [1.807, 2.05) is 0 Å². The minimum Gasteiger partial charge on any atom is -0.495 e. The SMILES string of the molecule is COc1ccc(NC(=O)[C@@H](C)NS(C)(=O)=O)cc1NC(=O)c1cccc(F)c1. The quantitative estimate of drug-likeness (QED) is 0.647. The average molecular weight is 409 g/mol. The third kappa shape index (κ3) is 6.03. The summed E-state index contributed by atoms with van der Waals surface area (Å²) in [6.07, 6.45) is 0.949. The van der Waals surface area contributed by atoms with Gasteiger partial charge < -0.3 is 15.4 Å². The molecule has 0 spiro atoms. The van der Waals surface area contributed by atoms with Gasteiger partial charge in [-0.15, -0.1) is 0 Å². The van der Waals surface area contributed by atoms with Crippen LogP contribution in [0.5, 0.6) is 5.75 Å². The van der Waals surface area contributed by atoms with Gasteiger partial charge in [-0.2, -0.15) is 0 Å². The van der Waals surface area contributed by atoms with Crippen LogP contribution in [0.15, 0.2) is 42.5 Å². The molecule has 0 saturated carbocycles. The molecule has 3 N–H and O–H groups in total. The highest BCUT2D eigenvalue weighted by Gasteiger charge is 2.18. The van der Waals surface area contributed by atoms with E-state index in [4.69, 9.17) is 4.74 Å². The number of anilines is 2. The Morgan fingerprint density at radius 1 is 1.11 bits per heavy atom. The van der Waals surface area contributed by atoms with Crippen molar-refractivity contribution in [3.05, 3.63) is 53.8 Å². The summed E-state index contributed by atoms with van der Waals surface area (Å²) in [7, 11) is -2.14. The molecule has 1 atom stereocenters. The zero-order valence-corrected chi connectivity index (χ0v) is 16.3. The Morgan fingerprint density at radius 2 is 1.82 bits per heavy atom. The van der Waals surface area contributed by atoms with E-state index in [1.54, 1.807) is 0 Å². The number of halogens is 1. The predicted molar refractivity (Wildman–Crippen MR) is 103 cm³/mol. The monoisotopic (exact) mass is 409 g/mol. The molecular formula is C18H20FN3O5S. The molecule has 0 aliphatic heterocycles. The molecule has 150 valence electrons. The van der Waals surface area contributed by atoms with Gasteiger partial charge in [0.1, 0.15) is 11.6 Å². The van der Waals surface area contributed by atoms with Crippen LogP contribution in [0, 0.1) is 5.82 Å². The lowest BCUT2D eigenvalue weighted by Gasteiger charge is -2.15. The standard InChI is InChI=1S/C18H20FN3O5S/c1-11(22-28(3,25)26)17(23)20-14-7-8-16(27-2)15(10-14)21-18(24)12-5-4-6-13(19)9-12/h4-11,22H,1-3H3,(H,20,23)(H,21,24)/t11-/m1/s1. The van der Waals surface area contributed by atoms with Gasteiger partial charge in [-0.05, 0) is 43.3 Å². The van der Waals surface area contributed by atoms with Crippen molar-refractivity contribution < 1.29 is 27.1 Å². The number of ether oxygens (including phenoxy) is 1. The number of nitrogens with one attached hydrogen (secondary N) is 3. The van der Waals surface area contributed by atoms with Crippen LogP contribution in [-0.2, 0) is 14.8 Å². The zero-order valence-electron chi connectivity index (χ0n) is 15.4. The Kier molecular flexibility index (Phi) is 6.71. The van der Waals surface area contributed by atoms with Gasteiger partial charge in [-0.25, -0.2) is 17.5 Å². The fraction of sp³-hybridized carbons (Fsp3) is 0.222. The van der Waals surface area contributed by atoms with Crippen LogP contribution in [0.1, 0.15) is 17.3 Å². The maximum Gasteiger partial charge on any atom is 0.255 e. The first-order valence-electron chi connectivity index (χ1n) is 8.12. The molecule has 10 heteroatoms. The predicted octanol–water partition coefficient (Wildman–Crippen LogP) is 1.96. The third-order valence-electron chi connectivity index (χ3n) is 3.59. The van der Waals surface area contributed by atoms with E-state index >= 15 is 0 Å². The maximum atomic E-state index is 13.3. The van der Waals surface area contributed by atoms with Crippen LogP contribution in [-0.4, -0.2) is 39.6 Å². The molecule has 0 aliphatic rings. The summed E-state index contributed by atoms with van der Waals surface area (Å²) in [5.41, 5.74) is 0.670. The van der Waals surface area contributed by atoms with E-state index < -0.39 is 33.7 Å². The highest BCUT2D eigenvalue weighted by molar-refractivity contribution is 7.88. The van der Waals surface area contributed by atoms with Crippen molar-refractivity contribution in [3.8, 4) is 5.75 Å². The van der Waals surface area contributed by atoms with Gasteiger partial charge >= 0.3 is 0 Å². The molecule has 28 heavy (non-hydrogen) atoms. The number of hydrogen-bond donors (Lipinski definition) is 3. The van der Waals surface area contributed by atoms with Crippen molar-refractivity contribution in [2.75, 3.05) is 24.0 Å². The first-order valence-corrected chi connectivity index (χ1v) is 10.0. The highest BCUT2D eigenvalue weighted by atomic mass is 32.2. The molecule has 2 rings (SSSR count). The summed E-state index contributed by atoms with van der Waals surface area (Å²) in [5.74, 6) is -1.37. The summed E-state index contributed by atoms with van der Waals surface area (Å²) >= 11 is 0. The van der Waals surface area contributed by atoms with Crippen molar-refractivity contribution in [1.29, 1.82) is 0 Å². The first-order chi connectivity index (χ1) is 13.1. The molecule has 0 fully saturated rings. The zero-order chi connectivity index (χ0) is 20.9. The van der Waals surface area contributed by atoms with Crippen molar-refractivity contribution in [2.45, 2.75) is 13.0 Å². The van der Waals surface area contributed by atoms with Crippen molar-refractivity contribution in [2.24, 2.45) is 0 Å². The Morgan fingerprint density at radius 3 is 2.43 bits per heavy atom. The third-order valence-corrected chi connectivity index (χ3v) is 4.37. The summed E-state index contributed by atoms with van der Waals surface area (Å²) in [5, 5.41) is 5.14. The minimum absolute atomic E-state index is 0.113. The molecule has 0 saturated heterocycles. The van der Waals surface area contributed by atoms with Crippen LogP contribution >= 0.6 is 0 Å². The van der Waals surface area contributed by atoms with E-state index in [-0.39, 0.29) is 11.3 Å². The molecule has 0 aromatic heterocycles. The summed E-state index contributed by atoms with van der Waals surface area (Å²) < 4.78 is 43.1. The number of sulfonamides is 1. The Balaban J connectivity index is 2.19. The molecule has 0 aliphatic carbocycles. The number of carbonyl (C=O) groups excluding carboxylic acids is 2. The molecule has 0 heterocycles. The number of benzene rings is 2. The number of hydrogen-bond acceptors (Lipinski definition) is 5. The molecule has 0 bridgehead atoms. The molecule has 2 amide bonds. The van der Waals surface area contributed by atoms with Gasteiger partial charge in [-0.1, -0.05) is 6.07 Å². The maximum absolute atomic E-state index is 13.3. The van der Waals surface area contributed by atoms with Crippen LogP contribution in [0.4, 0.5) is 15.8 Å². The minimum atomic E-state index is -3.55. The molecule has 0 radical (unpaired) electrons. The van der Waals surface area contributed by atoms with E-state index in [9.17, 15) is 22.4 Å². The number of rotatable bonds is 7. The van der Waals surface area contributed by atoms with Gasteiger partial charge in [0.05, 0.1) is 25.1 Å². The number of carbonyl (C=O) groups is 2. The van der Waals surface area contributed by atoms with Crippen LogP contribution in [0.3, 0.4) is 0 Å². The summed E-state index contributed by atoms with van der Waals surface area (Å²) in [4.78, 5) is 24.5. The first kappa shape index (κ1) is 21.3.